The molecule has 1 fully saturated rings. The molecular weight excluding hydrogens is 278 g/mol. The fraction of sp³-hybridized carbons (Fsp3) is 0.692. The summed E-state index contributed by atoms with van der Waals surface area (Å²) in [6, 6.07) is -0.141. The molecule has 1 unspecified atom stereocenters. The number of carbonyl (C=O) groups excluding carboxylic acids is 1. The van der Waals surface area contributed by atoms with Gasteiger partial charge in [-0.05, 0) is 19.8 Å². The lowest BCUT2D eigenvalue weighted by molar-refractivity contribution is 0.0952. The van der Waals surface area contributed by atoms with Crippen LogP contribution in [0.3, 0.4) is 0 Å². The number of carbonyl (C=O) groups is 1. The van der Waals surface area contributed by atoms with Crippen LogP contribution in [0.1, 0.15) is 48.3 Å². The monoisotopic (exact) mass is 299 g/mol. The molecule has 1 atom stereocenters. The molecule has 1 saturated heterocycles. The number of sulfone groups is 1. The number of nitrogens with one attached hydrogen (secondary N) is 1. The Bertz CT molecular complexity index is 592. The predicted molar refractivity (Wildman–Crippen MR) is 76.5 cm³/mol. The van der Waals surface area contributed by atoms with Gasteiger partial charge in [0.1, 0.15) is 0 Å². The fourth-order valence-corrected chi connectivity index (χ4v) is 4.15. The molecule has 2 rings (SSSR count). The van der Waals surface area contributed by atoms with Crippen LogP contribution < -0.4 is 5.32 Å². The second-order valence-electron chi connectivity index (χ2n) is 5.25. The van der Waals surface area contributed by atoms with Crippen molar-refractivity contribution in [3.05, 3.63) is 17.5 Å². The fourth-order valence-electron chi connectivity index (χ4n) is 2.46. The van der Waals surface area contributed by atoms with Crippen molar-refractivity contribution in [2.75, 3.05) is 18.1 Å². The number of hydrogen-bond acceptors (Lipinski definition) is 4. The largest absolute Gasteiger partial charge is 0.352 e. The highest BCUT2D eigenvalue weighted by atomic mass is 32.2. The molecule has 1 aliphatic heterocycles. The molecule has 7 heteroatoms. The molecule has 1 N–H and O–H groups in total. The van der Waals surface area contributed by atoms with E-state index in [4.69, 9.17) is 0 Å². The van der Waals surface area contributed by atoms with Gasteiger partial charge in [0.15, 0.2) is 9.84 Å². The minimum Gasteiger partial charge on any atom is -0.352 e. The maximum Gasteiger partial charge on any atom is 0.254 e. The van der Waals surface area contributed by atoms with Gasteiger partial charge in [-0.1, -0.05) is 13.3 Å². The third-order valence-corrected chi connectivity index (χ3v) is 5.41. The summed E-state index contributed by atoms with van der Waals surface area (Å²) >= 11 is 0. The highest BCUT2D eigenvalue weighted by molar-refractivity contribution is 7.91. The second-order valence-corrected chi connectivity index (χ2v) is 7.48. The van der Waals surface area contributed by atoms with Crippen LogP contribution in [0.2, 0.25) is 0 Å². The van der Waals surface area contributed by atoms with Crippen LogP contribution in [0.15, 0.2) is 6.20 Å². The Morgan fingerprint density at radius 1 is 1.55 bits per heavy atom. The van der Waals surface area contributed by atoms with Gasteiger partial charge in [-0.3, -0.25) is 9.48 Å². The van der Waals surface area contributed by atoms with Gasteiger partial charge in [0, 0.05) is 12.2 Å². The van der Waals surface area contributed by atoms with Crippen molar-refractivity contribution >= 4 is 15.7 Å². The lowest BCUT2D eigenvalue weighted by atomic mass is 10.2. The van der Waals surface area contributed by atoms with E-state index in [1.807, 2.05) is 6.92 Å². The Morgan fingerprint density at radius 3 is 2.90 bits per heavy atom. The molecule has 1 aromatic rings. The zero-order chi connectivity index (χ0) is 14.8. The van der Waals surface area contributed by atoms with Gasteiger partial charge in [-0.15, -0.1) is 0 Å². The summed E-state index contributed by atoms with van der Waals surface area (Å²) in [5, 5.41) is 7.05. The van der Waals surface area contributed by atoms with Crippen molar-refractivity contribution in [1.82, 2.24) is 15.1 Å². The van der Waals surface area contributed by atoms with E-state index >= 15 is 0 Å². The van der Waals surface area contributed by atoms with Gasteiger partial charge in [-0.25, -0.2) is 8.42 Å². The number of rotatable bonds is 5. The molecular formula is C13H21N3O3S. The van der Waals surface area contributed by atoms with Gasteiger partial charge in [0.05, 0.1) is 29.3 Å². The molecule has 6 nitrogen and oxygen atoms in total. The summed E-state index contributed by atoms with van der Waals surface area (Å²) in [6.07, 6.45) is 4.07. The van der Waals surface area contributed by atoms with E-state index < -0.39 is 9.84 Å². The van der Waals surface area contributed by atoms with Crippen LogP contribution in [0.4, 0.5) is 0 Å². The van der Waals surface area contributed by atoms with Crippen molar-refractivity contribution < 1.29 is 13.2 Å². The smallest absolute Gasteiger partial charge is 0.254 e. The van der Waals surface area contributed by atoms with Crippen LogP contribution in [0.5, 0.6) is 0 Å². The van der Waals surface area contributed by atoms with Crippen LogP contribution in [-0.4, -0.2) is 42.2 Å². The van der Waals surface area contributed by atoms with E-state index in [9.17, 15) is 13.2 Å². The van der Waals surface area contributed by atoms with Crippen LogP contribution in [0, 0.1) is 6.92 Å². The Hall–Kier alpha value is -1.37. The van der Waals surface area contributed by atoms with Gasteiger partial charge in [0.25, 0.3) is 5.91 Å². The third-order valence-electron chi connectivity index (χ3n) is 3.66. The topological polar surface area (TPSA) is 81.1 Å². The maximum absolute atomic E-state index is 12.0. The molecule has 0 spiro atoms. The van der Waals surface area contributed by atoms with E-state index in [1.165, 1.54) is 6.20 Å². The summed E-state index contributed by atoms with van der Waals surface area (Å²) in [5.41, 5.74) is 1.27. The molecule has 0 bridgehead atoms. The lowest BCUT2D eigenvalue weighted by Crippen LogP contribution is -2.25. The molecule has 0 aromatic carbocycles. The van der Waals surface area contributed by atoms with E-state index in [2.05, 4.69) is 17.3 Å². The summed E-state index contributed by atoms with van der Waals surface area (Å²) < 4.78 is 24.7. The number of aromatic nitrogens is 2. The van der Waals surface area contributed by atoms with Crippen LogP contribution in [-0.2, 0) is 9.84 Å². The molecule has 0 radical (unpaired) electrons. The summed E-state index contributed by atoms with van der Waals surface area (Å²) in [4.78, 5) is 12.0. The average molecular weight is 299 g/mol. The quantitative estimate of drug-likeness (QED) is 0.825. The highest BCUT2D eigenvalue weighted by Crippen LogP contribution is 2.25. The first kappa shape index (κ1) is 15.0. The molecule has 0 aliphatic carbocycles. The minimum atomic E-state index is -2.95. The molecule has 1 aliphatic rings. The van der Waals surface area contributed by atoms with E-state index in [0.717, 1.165) is 18.5 Å². The lowest BCUT2D eigenvalue weighted by Gasteiger charge is -2.11. The second kappa shape index (κ2) is 5.95. The van der Waals surface area contributed by atoms with Gasteiger partial charge < -0.3 is 5.32 Å². The van der Waals surface area contributed by atoms with Gasteiger partial charge >= 0.3 is 0 Å². The number of unbranched alkanes of at least 4 members (excludes halogenated alkanes) is 1. The predicted octanol–water partition coefficient (Wildman–Crippen LogP) is 1.08. The van der Waals surface area contributed by atoms with Crippen molar-refractivity contribution in [2.24, 2.45) is 0 Å². The normalized spacial score (nSPS) is 21.0. The minimum absolute atomic E-state index is 0.117. The number of hydrogen-bond donors (Lipinski definition) is 1. The molecule has 112 valence electrons. The SMILES string of the molecule is CCCCNC(=O)c1cnn(C2CCS(=O)(=O)C2)c1C. The van der Waals surface area contributed by atoms with Gasteiger partial charge in [0.2, 0.25) is 0 Å². The molecule has 1 aromatic heterocycles. The molecule has 1 amide bonds. The summed E-state index contributed by atoms with van der Waals surface area (Å²) in [5.74, 6) is 0.185. The van der Waals surface area contributed by atoms with Crippen molar-refractivity contribution in [2.45, 2.75) is 39.2 Å². The van der Waals surface area contributed by atoms with Crippen molar-refractivity contribution in [3.8, 4) is 0 Å². The first-order chi connectivity index (χ1) is 9.44. The third kappa shape index (κ3) is 3.20. The van der Waals surface area contributed by atoms with Crippen LogP contribution >= 0.6 is 0 Å². The van der Waals surface area contributed by atoms with Crippen LogP contribution in [0.25, 0.3) is 0 Å². The standard InChI is InChI=1S/C13H21N3O3S/c1-3-4-6-14-13(17)12-8-15-16(10(12)2)11-5-7-20(18,19)9-11/h8,11H,3-7,9H2,1-2H3,(H,14,17). The molecule has 0 saturated carbocycles. The zero-order valence-corrected chi connectivity index (χ0v) is 12.7. The van der Waals surface area contributed by atoms with Gasteiger partial charge in [-0.2, -0.15) is 5.10 Å². The van der Waals surface area contributed by atoms with E-state index in [1.54, 1.807) is 4.68 Å². The number of nitrogens with zero attached hydrogens (tertiary/aromatic N) is 2. The first-order valence-corrected chi connectivity index (χ1v) is 8.79. The molecule has 20 heavy (non-hydrogen) atoms. The Labute approximate surface area is 119 Å². The Morgan fingerprint density at radius 2 is 2.30 bits per heavy atom. The zero-order valence-electron chi connectivity index (χ0n) is 11.9. The highest BCUT2D eigenvalue weighted by Gasteiger charge is 2.31. The van der Waals surface area contributed by atoms with E-state index in [-0.39, 0.29) is 23.5 Å². The summed E-state index contributed by atoms with van der Waals surface area (Å²) in [6.45, 7) is 4.53. The average Bonchev–Trinajstić information content (AvgIpc) is 2.92. The number of amides is 1. The molecule has 2 heterocycles. The van der Waals surface area contributed by atoms with E-state index in [0.29, 0.717) is 18.5 Å². The maximum atomic E-state index is 12.0. The Kier molecular flexibility index (Phi) is 4.47. The van der Waals surface area contributed by atoms with Crippen molar-refractivity contribution in [1.29, 1.82) is 0 Å². The van der Waals surface area contributed by atoms with Crippen molar-refractivity contribution in [3.63, 3.8) is 0 Å². The Balaban J connectivity index is 2.09. The first-order valence-electron chi connectivity index (χ1n) is 6.97. The summed E-state index contributed by atoms with van der Waals surface area (Å²) in [7, 11) is -2.95.